The summed E-state index contributed by atoms with van der Waals surface area (Å²) in [4.78, 5) is 0. The lowest BCUT2D eigenvalue weighted by Crippen LogP contribution is -2.29. The second-order valence-electron chi connectivity index (χ2n) is 21.5. The molecular formula is C79H52N2. The number of benzene rings is 13. The minimum atomic E-state index is -0.579. The zero-order chi connectivity index (χ0) is 53.4. The van der Waals surface area contributed by atoms with Crippen molar-refractivity contribution in [3.05, 3.63) is 338 Å². The lowest BCUT2D eigenvalue weighted by Gasteiger charge is -2.36. The van der Waals surface area contributed by atoms with Crippen LogP contribution in [0.15, 0.2) is 315 Å². The number of hydrogen-bond acceptors (Lipinski definition) is 0. The fraction of sp³-hybridized carbons (Fsp3) is 0.0127. The molecule has 0 saturated heterocycles. The number of para-hydroxylation sites is 3. The molecule has 1 aliphatic rings. The van der Waals surface area contributed by atoms with E-state index in [1.807, 2.05) is 0 Å². The van der Waals surface area contributed by atoms with Crippen molar-refractivity contribution in [2.45, 2.75) is 5.41 Å². The van der Waals surface area contributed by atoms with Gasteiger partial charge in [0.2, 0.25) is 0 Å². The van der Waals surface area contributed by atoms with Crippen LogP contribution in [0.25, 0.3) is 122 Å². The molecule has 16 rings (SSSR count). The summed E-state index contributed by atoms with van der Waals surface area (Å²) < 4.78 is 4.79. The lowest BCUT2D eigenvalue weighted by molar-refractivity contribution is 0.771. The summed E-state index contributed by atoms with van der Waals surface area (Å²) in [6, 6.07) is 117. The molecule has 378 valence electrons. The maximum Gasteiger partial charge on any atom is 0.0719 e. The normalized spacial score (nSPS) is 12.5. The van der Waals surface area contributed by atoms with E-state index in [1.165, 1.54) is 138 Å². The van der Waals surface area contributed by atoms with Crippen molar-refractivity contribution in [2.24, 2.45) is 0 Å². The van der Waals surface area contributed by atoms with Crippen LogP contribution in [0.4, 0.5) is 0 Å². The van der Waals surface area contributed by atoms with Crippen LogP contribution in [0, 0.1) is 0 Å². The van der Waals surface area contributed by atoms with Crippen molar-refractivity contribution < 1.29 is 0 Å². The predicted octanol–water partition coefficient (Wildman–Crippen LogP) is 20.6. The van der Waals surface area contributed by atoms with Gasteiger partial charge >= 0.3 is 0 Å². The van der Waals surface area contributed by atoms with Crippen molar-refractivity contribution in [1.82, 2.24) is 9.13 Å². The highest BCUT2D eigenvalue weighted by molar-refractivity contribution is 6.13. The zero-order valence-corrected chi connectivity index (χ0v) is 44.4. The summed E-state index contributed by atoms with van der Waals surface area (Å²) in [5.74, 6) is 0. The highest BCUT2D eigenvalue weighted by atomic mass is 15.0. The Morgan fingerprint density at radius 1 is 0.198 bits per heavy atom. The van der Waals surface area contributed by atoms with Crippen molar-refractivity contribution in [1.29, 1.82) is 0 Å². The van der Waals surface area contributed by atoms with Crippen LogP contribution in [0.1, 0.15) is 22.3 Å². The molecular weight excluding hydrogens is 977 g/mol. The standard InChI is InChI=1S/C79H52N2/c1-3-19-53(20-4-1)57-21-17-23-61(49-57)65-27-7-12-32-72(65)79(73-33-13-8-28-66(73)67-29-9-14-34-74(67)79)62-24-18-22-58(50-62)56-39-37-54(38-40-56)55-41-45-64(46-42-55)81-76-36-16-11-31-69(76)71-52-60(44-48-78(71)81)59-43-47-77-70(51-59)68-30-10-15-35-75(68)80(77)63-25-5-2-6-26-63/h1-52H. The minimum Gasteiger partial charge on any atom is -0.309 e. The maximum absolute atomic E-state index is 2.44. The first-order chi connectivity index (χ1) is 40.2. The van der Waals surface area contributed by atoms with Gasteiger partial charge in [0.15, 0.2) is 0 Å². The number of rotatable bonds is 9. The second-order valence-corrected chi connectivity index (χ2v) is 21.5. The fourth-order valence-electron chi connectivity index (χ4n) is 13.6. The molecule has 0 fully saturated rings. The SMILES string of the molecule is c1ccc(-c2cccc(-c3ccccc3C3(c4cccc(-c5ccc(-c6ccc(-n7c8ccccc8c8cc(-c9ccc%10c(c9)c9ccccc9n%10-c9ccccc9)ccc87)cc6)cc5)c4)c4ccccc4-c4ccccc43)c2)cc1. The van der Waals surface area contributed by atoms with E-state index in [4.69, 9.17) is 0 Å². The van der Waals surface area contributed by atoms with Gasteiger partial charge in [-0.25, -0.2) is 0 Å². The Balaban J connectivity index is 0.741. The molecule has 2 nitrogen and oxygen atoms in total. The molecule has 2 heterocycles. The topological polar surface area (TPSA) is 9.86 Å². The molecule has 15 aromatic rings. The van der Waals surface area contributed by atoms with Crippen LogP contribution >= 0.6 is 0 Å². The van der Waals surface area contributed by atoms with Crippen LogP contribution in [-0.4, -0.2) is 9.13 Å². The summed E-state index contributed by atoms with van der Waals surface area (Å²) in [6.07, 6.45) is 0. The Kier molecular flexibility index (Phi) is 10.8. The summed E-state index contributed by atoms with van der Waals surface area (Å²) in [5, 5.41) is 4.99. The van der Waals surface area contributed by atoms with E-state index >= 15 is 0 Å². The molecule has 0 unspecified atom stereocenters. The largest absolute Gasteiger partial charge is 0.309 e. The van der Waals surface area contributed by atoms with Gasteiger partial charge in [0, 0.05) is 32.9 Å². The van der Waals surface area contributed by atoms with Gasteiger partial charge in [-0.15, -0.1) is 0 Å². The quantitative estimate of drug-likeness (QED) is 0.136. The number of aromatic nitrogens is 2. The van der Waals surface area contributed by atoms with Crippen molar-refractivity contribution >= 4 is 43.6 Å². The first kappa shape index (κ1) is 46.5. The number of hydrogen-bond donors (Lipinski definition) is 0. The van der Waals surface area contributed by atoms with E-state index in [1.54, 1.807) is 0 Å². The smallest absolute Gasteiger partial charge is 0.0719 e. The first-order valence-corrected chi connectivity index (χ1v) is 28.1. The van der Waals surface area contributed by atoms with Crippen LogP contribution in [0.5, 0.6) is 0 Å². The van der Waals surface area contributed by atoms with Crippen LogP contribution < -0.4 is 0 Å². The highest BCUT2D eigenvalue weighted by Crippen LogP contribution is 2.58. The average Bonchev–Trinajstić information content (AvgIpc) is 4.01. The Morgan fingerprint density at radius 3 is 1.14 bits per heavy atom. The molecule has 81 heavy (non-hydrogen) atoms. The third-order valence-electron chi connectivity index (χ3n) is 17.2. The molecule has 2 aromatic heterocycles. The molecule has 13 aromatic carbocycles. The molecule has 0 bridgehead atoms. The van der Waals surface area contributed by atoms with E-state index in [0.717, 1.165) is 5.69 Å². The number of nitrogens with zero attached hydrogens (tertiary/aromatic N) is 2. The Hall–Kier alpha value is -10.5. The first-order valence-electron chi connectivity index (χ1n) is 28.1. The van der Waals surface area contributed by atoms with Crippen LogP contribution in [-0.2, 0) is 5.41 Å². The van der Waals surface area contributed by atoms with E-state index < -0.39 is 5.41 Å². The van der Waals surface area contributed by atoms with E-state index in [9.17, 15) is 0 Å². The van der Waals surface area contributed by atoms with Gasteiger partial charge in [0.1, 0.15) is 0 Å². The second kappa shape index (κ2) is 18.8. The molecule has 1 aliphatic carbocycles. The molecule has 0 spiro atoms. The lowest BCUT2D eigenvalue weighted by atomic mass is 9.65. The predicted molar refractivity (Wildman–Crippen MR) is 340 cm³/mol. The number of fused-ring (bicyclic) bond motifs is 9. The van der Waals surface area contributed by atoms with Crippen LogP contribution in [0.2, 0.25) is 0 Å². The molecule has 0 aliphatic heterocycles. The zero-order valence-electron chi connectivity index (χ0n) is 44.4. The molecule has 0 N–H and O–H groups in total. The van der Waals surface area contributed by atoms with Gasteiger partial charge in [-0.3, -0.25) is 0 Å². The van der Waals surface area contributed by atoms with Crippen molar-refractivity contribution in [2.75, 3.05) is 0 Å². The van der Waals surface area contributed by atoms with Gasteiger partial charge < -0.3 is 9.13 Å². The summed E-state index contributed by atoms with van der Waals surface area (Å²) in [6.45, 7) is 0. The Bertz CT molecular complexity index is 4860. The van der Waals surface area contributed by atoms with Crippen LogP contribution in [0.3, 0.4) is 0 Å². The molecule has 0 saturated carbocycles. The van der Waals surface area contributed by atoms with E-state index in [2.05, 4.69) is 325 Å². The molecule has 0 amide bonds. The minimum absolute atomic E-state index is 0.579. The summed E-state index contributed by atoms with van der Waals surface area (Å²) in [7, 11) is 0. The maximum atomic E-state index is 2.44. The third kappa shape index (κ3) is 7.42. The Labute approximate surface area is 471 Å². The Morgan fingerprint density at radius 2 is 0.556 bits per heavy atom. The average molecular weight is 1030 g/mol. The van der Waals surface area contributed by atoms with E-state index in [0.29, 0.717) is 0 Å². The molecule has 2 heteroatoms. The monoisotopic (exact) mass is 1030 g/mol. The summed E-state index contributed by atoms with van der Waals surface area (Å²) >= 11 is 0. The van der Waals surface area contributed by atoms with Gasteiger partial charge in [-0.1, -0.05) is 243 Å². The molecule has 0 atom stereocenters. The van der Waals surface area contributed by atoms with Gasteiger partial charge in [0.25, 0.3) is 0 Å². The van der Waals surface area contributed by atoms with Gasteiger partial charge in [-0.2, -0.15) is 0 Å². The summed E-state index contributed by atoms with van der Waals surface area (Å²) in [5.41, 5.74) is 26.2. The molecule has 0 radical (unpaired) electrons. The fourth-order valence-corrected chi connectivity index (χ4v) is 13.6. The van der Waals surface area contributed by atoms with Crippen molar-refractivity contribution in [3.8, 4) is 78.1 Å². The highest BCUT2D eigenvalue weighted by Gasteiger charge is 2.47. The van der Waals surface area contributed by atoms with E-state index in [-0.39, 0.29) is 0 Å². The van der Waals surface area contributed by atoms with Crippen molar-refractivity contribution in [3.63, 3.8) is 0 Å². The van der Waals surface area contributed by atoms with Gasteiger partial charge in [-0.05, 0) is 162 Å². The third-order valence-corrected chi connectivity index (χ3v) is 17.2. The van der Waals surface area contributed by atoms with Gasteiger partial charge in [0.05, 0.1) is 27.5 Å².